The van der Waals surface area contributed by atoms with Gasteiger partial charge in [-0.05, 0) is 70.7 Å². The lowest BCUT2D eigenvalue weighted by atomic mass is 9.70. The number of benzene rings is 1. The molecule has 0 saturated heterocycles. The molecule has 0 bridgehead atoms. The quantitative estimate of drug-likeness (QED) is 0.341. The molecule has 35 heavy (non-hydrogen) atoms. The highest BCUT2D eigenvalue weighted by molar-refractivity contribution is 7.13. The summed E-state index contributed by atoms with van der Waals surface area (Å²) in [5.41, 5.74) is -0.562. The van der Waals surface area contributed by atoms with E-state index in [9.17, 15) is 9.18 Å². The Morgan fingerprint density at radius 2 is 1.97 bits per heavy atom. The van der Waals surface area contributed by atoms with Crippen LogP contribution in [-0.2, 0) is 16.0 Å². The zero-order chi connectivity index (χ0) is 25.1. The first-order chi connectivity index (χ1) is 16.6. The molecule has 1 N–H and O–H groups in total. The Hall–Kier alpha value is -2.71. The molecule has 3 aromatic rings. The Morgan fingerprint density at radius 1 is 1.23 bits per heavy atom. The van der Waals surface area contributed by atoms with Gasteiger partial charge in [0.1, 0.15) is 11.4 Å². The van der Waals surface area contributed by atoms with E-state index in [1.807, 2.05) is 44.4 Å². The van der Waals surface area contributed by atoms with Crippen LogP contribution in [0.1, 0.15) is 52.1 Å². The van der Waals surface area contributed by atoms with E-state index < -0.39 is 16.8 Å². The fourth-order valence-electron chi connectivity index (χ4n) is 4.24. The molecule has 0 radical (unpaired) electrons. The lowest BCUT2D eigenvalue weighted by molar-refractivity contribution is -0.171. The largest absolute Gasteiger partial charge is 0.487 e. The van der Waals surface area contributed by atoms with Crippen molar-refractivity contribution in [2.24, 2.45) is 5.41 Å². The van der Waals surface area contributed by atoms with E-state index in [-0.39, 0.29) is 22.8 Å². The van der Waals surface area contributed by atoms with E-state index in [0.717, 1.165) is 10.8 Å². The van der Waals surface area contributed by atoms with Gasteiger partial charge in [0.2, 0.25) is 0 Å². The standard InChI is InChI=1S/C26H29ClFN3O3S/c1-25(2,3)34-23(32)26(16-17-6-4-9-21(30-17)31-24-29-14-15-35-24)12-10-18(11-13-26)33-20-8-5-7-19(27)22(20)28/h4-9,14-15,18H,10-13,16H2,1-3H3,(H,29,30,31). The maximum absolute atomic E-state index is 14.3. The van der Waals surface area contributed by atoms with Crippen molar-refractivity contribution >= 4 is 39.9 Å². The van der Waals surface area contributed by atoms with Crippen molar-refractivity contribution in [3.63, 3.8) is 0 Å². The van der Waals surface area contributed by atoms with Crippen molar-refractivity contribution in [1.82, 2.24) is 9.97 Å². The molecule has 1 aromatic carbocycles. The Kier molecular flexibility index (Phi) is 7.62. The number of esters is 1. The number of hydrogen-bond acceptors (Lipinski definition) is 7. The molecule has 2 heterocycles. The molecule has 0 atom stereocenters. The summed E-state index contributed by atoms with van der Waals surface area (Å²) in [6.07, 6.45) is 4.20. The Balaban J connectivity index is 1.51. The van der Waals surface area contributed by atoms with E-state index in [1.165, 1.54) is 17.4 Å². The van der Waals surface area contributed by atoms with E-state index >= 15 is 0 Å². The second-order valence-electron chi connectivity index (χ2n) is 9.80. The van der Waals surface area contributed by atoms with Gasteiger partial charge in [-0.3, -0.25) is 4.79 Å². The summed E-state index contributed by atoms with van der Waals surface area (Å²) in [6.45, 7) is 5.60. The van der Waals surface area contributed by atoms with Gasteiger partial charge >= 0.3 is 5.97 Å². The number of carbonyl (C=O) groups is 1. The smallest absolute Gasteiger partial charge is 0.312 e. The third-order valence-corrected chi connectivity index (χ3v) is 6.91. The van der Waals surface area contributed by atoms with Gasteiger partial charge in [-0.15, -0.1) is 11.3 Å². The van der Waals surface area contributed by atoms with Crippen LogP contribution in [0.3, 0.4) is 0 Å². The molecule has 4 rings (SSSR count). The molecule has 2 aromatic heterocycles. The van der Waals surface area contributed by atoms with Crippen molar-refractivity contribution in [3.05, 3.63) is 64.5 Å². The summed E-state index contributed by atoms with van der Waals surface area (Å²) in [5.74, 6) is 0.00417. The van der Waals surface area contributed by atoms with Gasteiger partial charge in [-0.2, -0.15) is 0 Å². The Morgan fingerprint density at radius 3 is 2.66 bits per heavy atom. The number of carbonyl (C=O) groups excluding carboxylic acids is 1. The van der Waals surface area contributed by atoms with Crippen molar-refractivity contribution in [1.29, 1.82) is 0 Å². The van der Waals surface area contributed by atoms with Crippen molar-refractivity contribution < 1.29 is 18.7 Å². The zero-order valence-electron chi connectivity index (χ0n) is 20.0. The van der Waals surface area contributed by atoms with Crippen LogP contribution in [-0.4, -0.2) is 27.6 Å². The zero-order valence-corrected chi connectivity index (χ0v) is 21.6. The van der Waals surface area contributed by atoms with E-state index in [4.69, 9.17) is 26.1 Å². The number of anilines is 2. The van der Waals surface area contributed by atoms with Crippen LogP contribution in [0, 0.1) is 11.2 Å². The van der Waals surface area contributed by atoms with Crippen LogP contribution in [0.2, 0.25) is 5.02 Å². The average Bonchev–Trinajstić information content (AvgIpc) is 3.30. The maximum Gasteiger partial charge on any atom is 0.312 e. The van der Waals surface area contributed by atoms with Crippen LogP contribution in [0.5, 0.6) is 5.75 Å². The second kappa shape index (κ2) is 10.5. The summed E-state index contributed by atoms with van der Waals surface area (Å²) in [6, 6.07) is 10.4. The summed E-state index contributed by atoms with van der Waals surface area (Å²) >= 11 is 7.38. The minimum Gasteiger partial charge on any atom is -0.487 e. The molecule has 1 saturated carbocycles. The number of ether oxygens (including phenoxy) is 2. The van der Waals surface area contributed by atoms with Gasteiger partial charge < -0.3 is 14.8 Å². The summed E-state index contributed by atoms with van der Waals surface area (Å²) in [4.78, 5) is 22.4. The van der Waals surface area contributed by atoms with Crippen LogP contribution < -0.4 is 10.1 Å². The topological polar surface area (TPSA) is 73.3 Å². The molecule has 1 aliphatic carbocycles. The number of pyridine rings is 1. The molecular formula is C26H29ClFN3O3S. The molecule has 6 nitrogen and oxygen atoms in total. The van der Waals surface area contributed by atoms with Crippen molar-refractivity contribution in [2.45, 2.75) is 64.6 Å². The predicted molar refractivity (Wildman–Crippen MR) is 136 cm³/mol. The molecule has 0 amide bonds. The van der Waals surface area contributed by atoms with Gasteiger partial charge in [0.05, 0.1) is 16.5 Å². The van der Waals surface area contributed by atoms with Gasteiger partial charge in [-0.1, -0.05) is 23.7 Å². The van der Waals surface area contributed by atoms with Crippen LogP contribution in [0.4, 0.5) is 15.3 Å². The van der Waals surface area contributed by atoms with E-state index in [2.05, 4.69) is 10.3 Å². The highest BCUT2D eigenvalue weighted by Crippen LogP contribution is 2.43. The number of nitrogens with zero attached hydrogens (tertiary/aromatic N) is 2. The molecule has 0 spiro atoms. The SMILES string of the molecule is CC(C)(C)OC(=O)C1(Cc2cccc(Nc3nccs3)n2)CCC(Oc2cccc(Cl)c2F)CC1. The normalized spacial score (nSPS) is 20.3. The predicted octanol–water partition coefficient (Wildman–Crippen LogP) is 6.97. The lowest BCUT2D eigenvalue weighted by Gasteiger charge is -2.39. The second-order valence-corrected chi connectivity index (χ2v) is 11.1. The molecular weight excluding hydrogens is 489 g/mol. The Bertz CT molecular complexity index is 1160. The number of nitrogens with one attached hydrogen (secondary N) is 1. The summed E-state index contributed by atoms with van der Waals surface area (Å²) < 4.78 is 26.1. The van der Waals surface area contributed by atoms with Crippen LogP contribution in [0.25, 0.3) is 0 Å². The van der Waals surface area contributed by atoms with Gasteiger partial charge in [0, 0.05) is 23.7 Å². The highest BCUT2D eigenvalue weighted by Gasteiger charge is 2.45. The number of aromatic nitrogens is 2. The van der Waals surface area contributed by atoms with Gasteiger partial charge in [0.25, 0.3) is 0 Å². The number of halogens is 2. The first kappa shape index (κ1) is 25.4. The van der Waals surface area contributed by atoms with Crippen molar-refractivity contribution in [3.8, 4) is 5.75 Å². The summed E-state index contributed by atoms with van der Waals surface area (Å²) in [7, 11) is 0. The average molecular weight is 518 g/mol. The van der Waals surface area contributed by atoms with E-state index in [1.54, 1.807) is 18.3 Å². The summed E-state index contributed by atoms with van der Waals surface area (Å²) in [5, 5.41) is 5.87. The molecule has 9 heteroatoms. The maximum atomic E-state index is 14.3. The van der Waals surface area contributed by atoms with Crippen LogP contribution >= 0.6 is 22.9 Å². The lowest BCUT2D eigenvalue weighted by Crippen LogP contribution is -2.44. The number of thiazole rings is 1. The fourth-order valence-corrected chi connectivity index (χ4v) is 4.95. The first-order valence-electron chi connectivity index (χ1n) is 11.6. The highest BCUT2D eigenvalue weighted by atomic mass is 35.5. The third-order valence-electron chi connectivity index (χ3n) is 5.93. The monoisotopic (exact) mass is 517 g/mol. The fraction of sp³-hybridized carbons (Fsp3) is 0.423. The molecule has 0 aliphatic heterocycles. The first-order valence-corrected chi connectivity index (χ1v) is 12.9. The molecule has 186 valence electrons. The number of hydrogen-bond donors (Lipinski definition) is 1. The molecule has 1 fully saturated rings. The number of rotatable bonds is 7. The Labute approximate surface area is 213 Å². The van der Waals surface area contributed by atoms with E-state index in [0.29, 0.717) is 37.9 Å². The third kappa shape index (κ3) is 6.49. The molecule has 0 unspecified atom stereocenters. The minimum absolute atomic E-state index is 0.0266. The van der Waals surface area contributed by atoms with Crippen molar-refractivity contribution in [2.75, 3.05) is 5.32 Å². The van der Waals surface area contributed by atoms with Gasteiger partial charge in [0.15, 0.2) is 16.7 Å². The van der Waals surface area contributed by atoms with Crippen LogP contribution in [0.15, 0.2) is 48.0 Å². The minimum atomic E-state index is -0.743. The molecule has 1 aliphatic rings. The van der Waals surface area contributed by atoms with Gasteiger partial charge in [-0.25, -0.2) is 14.4 Å².